The molecule has 0 fully saturated rings. The molecule has 0 bridgehead atoms. The van der Waals surface area contributed by atoms with E-state index in [2.05, 4.69) is 10.3 Å². The Labute approximate surface area is 142 Å². The van der Waals surface area contributed by atoms with Crippen molar-refractivity contribution in [3.05, 3.63) is 65.0 Å². The van der Waals surface area contributed by atoms with Crippen LogP contribution < -0.4 is 5.32 Å². The van der Waals surface area contributed by atoms with E-state index in [9.17, 15) is 9.59 Å². The summed E-state index contributed by atoms with van der Waals surface area (Å²) in [7, 11) is 0. The fraction of sp³-hybridized carbons (Fsp3) is 0.316. The normalized spacial score (nSPS) is 10.3. The van der Waals surface area contributed by atoms with E-state index in [1.165, 1.54) is 12.4 Å². The SMILES string of the molecule is CCN(CC)C(=O)c1cncc(C(=O)NCc2ccccc2C)c1. The van der Waals surface area contributed by atoms with Crippen LogP contribution in [0.25, 0.3) is 0 Å². The summed E-state index contributed by atoms with van der Waals surface area (Å²) in [5, 5.41) is 2.88. The molecule has 1 N–H and O–H groups in total. The molecule has 0 saturated carbocycles. The molecule has 0 radical (unpaired) electrons. The molecule has 0 saturated heterocycles. The summed E-state index contributed by atoms with van der Waals surface area (Å²) in [5.41, 5.74) is 3.01. The van der Waals surface area contributed by atoms with Crippen molar-refractivity contribution in [3.63, 3.8) is 0 Å². The number of benzene rings is 1. The van der Waals surface area contributed by atoms with Gasteiger partial charge in [-0.25, -0.2) is 0 Å². The molecule has 5 heteroatoms. The number of aromatic nitrogens is 1. The standard InChI is InChI=1S/C19H23N3O2/c1-4-22(5-2)19(24)17-10-16(11-20-12-17)18(23)21-13-15-9-7-6-8-14(15)3/h6-12H,4-5,13H2,1-3H3,(H,21,23). The molecule has 0 aliphatic carbocycles. The zero-order valence-corrected chi connectivity index (χ0v) is 14.4. The number of hydrogen-bond donors (Lipinski definition) is 1. The summed E-state index contributed by atoms with van der Waals surface area (Å²) < 4.78 is 0. The largest absolute Gasteiger partial charge is 0.348 e. The number of carbonyl (C=O) groups is 2. The van der Waals surface area contributed by atoms with Crippen LogP contribution in [-0.2, 0) is 6.54 Å². The monoisotopic (exact) mass is 325 g/mol. The van der Waals surface area contributed by atoms with Crippen molar-refractivity contribution in [3.8, 4) is 0 Å². The van der Waals surface area contributed by atoms with Crippen molar-refractivity contribution in [2.24, 2.45) is 0 Å². The third-order valence-corrected chi connectivity index (χ3v) is 4.00. The first-order valence-electron chi connectivity index (χ1n) is 8.13. The van der Waals surface area contributed by atoms with Gasteiger partial charge < -0.3 is 10.2 Å². The lowest BCUT2D eigenvalue weighted by Crippen LogP contribution is -2.31. The molecular formula is C19H23N3O2. The van der Waals surface area contributed by atoms with E-state index < -0.39 is 0 Å². The van der Waals surface area contributed by atoms with Gasteiger partial charge in [0.2, 0.25) is 0 Å². The first-order chi connectivity index (χ1) is 11.6. The highest BCUT2D eigenvalue weighted by atomic mass is 16.2. The van der Waals surface area contributed by atoms with Crippen molar-refractivity contribution >= 4 is 11.8 Å². The van der Waals surface area contributed by atoms with Gasteiger partial charge in [0.05, 0.1) is 11.1 Å². The Kier molecular flexibility index (Phi) is 6.07. The predicted molar refractivity (Wildman–Crippen MR) is 93.8 cm³/mol. The molecule has 0 aliphatic heterocycles. The maximum Gasteiger partial charge on any atom is 0.255 e. The first kappa shape index (κ1) is 17.7. The van der Waals surface area contributed by atoms with Crippen LogP contribution >= 0.6 is 0 Å². The highest BCUT2D eigenvalue weighted by Gasteiger charge is 2.15. The molecular weight excluding hydrogens is 302 g/mol. The molecule has 5 nitrogen and oxygen atoms in total. The number of nitrogens with zero attached hydrogens (tertiary/aromatic N) is 2. The molecule has 1 heterocycles. The van der Waals surface area contributed by atoms with E-state index in [0.29, 0.717) is 30.8 Å². The quantitative estimate of drug-likeness (QED) is 0.888. The van der Waals surface area contributed by atoms with Gasteiger partial charge in [0.25, 0.3) is 11.8 Å². The number of nitrogens with one attached hydrogen (secondary N) is 1. The topological polar surface area (TPSA) is 62.3 Å². The molecule has 1 aromatic carbocycles. The van der Waals surface area contributed by atoms with Gasteiger partial charge in [-0.2, -0.15) is 0 Å². The minimum Gasteiger partial charge on any atom is -0.348 e. The number of amides is 2. The highest BCUT2D eigenvalue weighted by molar-refractivity contribution is 5.99. The Balaban J connectivity index is 2.09. The molecule has 0 aliphatic rings. The molecule has 24 heavy (non-hydrogen) atoms. The van der Waals surface area contributed by atoms with Gasteiger partial charge in [-0.3, -0.25) is 14.6 Å². The van der Waals surface area contributed by atoms with Crippen LogP contribution in [0, 0.1) is 6.92 Å². The van der Waals surface area contributed by atoms with E-state index in [0.717, 1.165) is 11.1 Å². The van der Waals surface area contributed by atoms with E-state index in [1.807, 2.05) is 45.0 Å². The lowest BCUT2D eigenvalue weighted by molar-refractivity contribution is 0.0772. The van der Waals surface area contributed by atoms with Crippen LogP contribution in [-0.4, -0.2) is 34.8 Å². The maximum atomic E-state index is 12.4. The van der Waals surface area contributed by atoms with Crippen LogP contribution in [0.15, 0.2) is 42.7 Å². The molecule has 2 amide bonds. The zero-order chi connectivity index (χ0) is 17.5. The van der Waals surface area contributed by atoms with Gasteiger partial charge in [0.1, 0.15) is 0 Å². The van der Waals surface area contributed by atoms with E-state index in [1.54, 1.807) is 11.0 Å². The molecule has 2 rings (SSSR count). The molecule has 2 aromatic rings. The molecule has 0 atom stereocenters. The van der Waals surface area contributed by atoms with E-state index >= 15 is 0 Å². The van der Waals surface area contributed by atoms with Gasteiger partial charge in [-0.1, -0.05) is 24.3 Å². The lowest BCUT2D eigenvalue weighted by atomic mass is 10.1. The van der Waals surface area contributed by atoms with Crippen LogP contribution in [0.2, 0.25) is 0 Å². The Morgan fingerprint density at radius 1 is 1.08 bits per heavy atom. The number of pyridine rings is 1. The minimum absolute atomic E-state index is 0.110. The van der Waals surface area contributed by atoms with Crippen LogP contribution in [0.4, 0.5) is 0 Å². The smallest absolute Gasteiger partial charge is 0.255 e. The Morgan fingerprint density at radius 3 is 2.42 bits per heavy atom. The van der Waals surface area contributed by atoms with Gasteiger partial charge >= 0.3 is 0 Å². The summed E-state index contributed by atoms with van der Waals surface area (Å²) in [4.78, 5) is 30.4. The average Bonchev–Trinajstić information content (AvgIpc) is 2.62. The second-order valence-electron chi connectivity index (χ2n) is 5.55. The zero-order valence-electron chi connectivity index (χ0n) is 14.4. The second-order valence-corrected chi connectivity index (χ2v) is 5.55. The summed E-state index contributed by atoms with van der Waals surface area (Å²) in [6.45, 7) is 7.55. The van der Waals surface area contributed by atoms with Gasteiger partial charge in [-0.15, -0.1) is 0 Å². The molecule has 126 valence electrons. The third-order valence-electron chi connectivity index (χ3n) is 4.00. The van der Waals surface area contributed by atoms with Crippen molar-refractivity contribution in [2.75, 3.05) is 13.1 Å². The van der Waals surface area contributed by atoms with Crippen molar-refractivity contribution in [1.29, 1.82) is 0 Å². The minimum atomic E-state index is -0.236. The van der Waals surface area contributed by atoms with Gasteiger partial charge in [-0.05, 0) is 38.0 Å². The van der Waals surface area contributed by atoms with Crippen molar-refractivity contribution in [1.82, 2.24) is 15.2 Å². The number of rotatable bonds is 6. The van der Waals surface area contributed by atoms with E-state index in [4.69, 9.17) is 0 Å². The maximum absolute atomic E-state index is 12.4. The number of aryl methyl sites for hydroxylation is 1. The fourth-order valence-electron chi connectivity index (χ4n) is 2.46. The summed E-state index contributed by atoms with van der Waals surface area (Å²) >= 11 is 0. The van der Waals surface area contributed by atoms with Gasteiger partial charge in [0.15, 0.2) is 0 Å². The lowest BCUT2D eigenvalue weighted by Gasteiger charge is -2.18. The Hall–Kier alpha value is -2.69. The Bertz CT molecular complexity index is 724. The average molecular weight is 325 g/mol. The Morgan fingerprint density at radius 2 is 1.75 bits per heavy atom. The van der Waals surface area contributed by atoms with Crippen molar-refractivity contribution in [2.45, 2.75) is 27.3 Å². The van der Waals surface area contributed by atoms with Crippen LogP contribution in [0.3, 0.4) is 0 Å². The van der Waals surface area contributed by atoms with Crippen LogP contribution in [0.1, 0.15) is 45.7 Å². The molecule has 0 unspecified atom stereocenters. The summed E-state index contributed by atoms with van der Waals surface area (Å²) in [6, 6.07) is 9.49. The highest BCUT2D eigenvalue weighted by Crippen LogP contribution is 2.09. The summed E-state index contributed by atoms with van der Waals surface area (Å²) in [6.07, 6.45) is 2.98. The van der Waals surface area contributed by atoms with Gasteiger partial charge in [0, 0.05) is 32.0 Å². The molecule has 0 spiro atoms. The summed E-state index contributed by atoms with van der Waals surface area (Å²) in [5.74, 6) is -0.346. The van der Waals surface area contributed by atoms with Crippen molar-refractivity contribution < 1.29 is 9.59 Å². The number of hydrogen-bond acceptors (Lipinski definition) is 3. The second kappa shape index (κ2) is 8.24. The van der Waals surface area contributed by atoms with E-state index in [-0.39, 0.29) is 11.8 Å². The fourth-order valence-corrected chi connectivity index (χ4v) is 2.46. The predicted octanol–water partition coefficient (Wildman–Crippen LogP) is 2.80. The van der Waals surface area contributed by atoms with Crippen LogP contribution in [0.5, 0.6) is 0 Å². The number of carbonyl (C=O) groups excluding carboxylic acids is 2. The molecule has 1 aromatic heterocycles. The third kappa shape index (κ3) is 4.19. The first-order valence-corrected chi connectivity index (χ1v) is 8.13.